The van der Waals surface area contributed by atoms with Crippen LogP contribution in [-0.4, -0.2) is 23.0 Å². The average Bonchev–Trinajstić information content (AvgIpc) is 3.50. The molecule has 8 heteroatoms. The van der Waals surface area contributed by atoms with Crippen LogP contribution in [0, 0.1) is 6.92 Å². The van der Waals surface area contributed by atoms with E-state index in [1.807, 2.05) is 26.0 Å². The third-order valence-electron chi connectivity index (χ3n) is 5.99. The lowest BCUT2D eigenvalue weighted by molar-refractivity contribution is -0.286. The Bertz CT molecular complexity index is 1210. The molecule has 4 rings (SSSR count). The number of halogens is 2. The average molecular weight is 454 g/mol. The zero-order valence-electron chi connectivity index (χ0n) is 18.8. The Morgan fingerprint density at radius 1 is 1.09 bits per heavy atom. The number of aromatic nitrogens is 1. The van der Waals surface area contributed by atoms with Crippen LogP contribution in [0.2, 0.25) is 0 Å². The number of rotatable bonds is 6. The number of nitrogens with zero attached hydrogens (tertiary/aromatic N) is 1. The van der Waals surface area contributed by atoms with Crippen LogP contribution in [0.25, 0.3) is 5.57 Å². The summed E-state index contributed by atoms with van der Waals surface area (Å²) in [5, 5.41) is 2.86. The SMILES string of the molecule is C/C=C(\C=C(\C)C(C)=O)c1nc(NC(=O)C2(c3ccc4c(c3)OC(F)(F)O4)CC2)ccc1C. The van der Waals surface area contributed by atoms with E-state index in [0.29, 0.717) is 35.5 Å². The number of hydrogen-bond donors (Lipinski definition) is 1. The first kappa shape index (κ1) is 22.6. The van der Waals surface area contributed by atoms with Gasteiger partial charge in [-0.05, 0) is 87.1 Å². The number of amides is 1. The zero-order chi connectivity index (χ0) is 24.0. The first-order chi connectivity index (χ1) is 15.5. The standard InChI is InChI=1S/C25H24F2N2O4/c1-5-17(12-15(3)16(4)30)22-14(2)6-9-21(28-22)29-23(31)24(10-11-24)18-7-8-19-20(13-18)33-25(26,27)32-19/h5-9,12-13H,10-11H2,1-4H3,(H,28,29,31)/b15-12-,17-5+. The maximum atomic E-state index is 13.4. The number of pyridine rings is 1. The Balaban J connectivity index is 1.58. The first-order valence-electron chi connectivity index (χ1n) is 10.6. The molecule has 0 bridgehead atoms. The summed E-state index contributed by atoms with van der Waals surface area (Å²) in [7, 11) is 0. The highest BCUT2D eigenvalue weighted by Crippen LogP contribution is 2.52. The van der Waals surface area contributed by atoms with E-state index < -0.39 is 11.7 Å². The molecule has 0 atom stereocenters. The van der Waals surface area contributed by atoms with E-state index in [0.717, 1.165) is 11.1 Å². The Morgan fingerprint density at radius 2 is 1.79 bits per heavy atom. The molecule has 1 saturated carbocycles. The molecule has 1 amide bonds. The van der Waals surface area contributed by atoms with E-state index in [4.69, 9.17) is 0 Å². The predicted octanol–water partition coefficient (Wildman–Crippen LogP) is 5.32. The summed E-state index contributed by atoms with van der Waals surface area (Å²) in [6, 6.07) is 7.99. The van der Waals surface area contributed by atoms with Crippen molar-refractivity contribution in [2.75, 3.05) is 5.32 Å². The van der Waals surface area contributed by atoms with Gasteiger partial charge in [-0.1, -0.05) is 18.2 Å². The van der Waals surface area contributed by atoms with Crippen LogP contribution in [0.1, 0.15) is 50.4 Å². The van der Waals surface area contributed by atoms with Gasteiger partial charge in [0, 0.05) is 0 Å². The number of fused-ring (bicyclic) bond motifs is 1. The lowest BCUT2D eigenvalue weighted by Gasteiger charge is -2.17. The van der Waals surface area contributed by atoms with Crippen molar-refractivity contribution in [3.63, 3.8) is 0 Å². The fraction of sp³-hybridized carbons (Fsp3) is 0.320. The van der Waals surface area contributed by atoms with Crippen molar-refractivity contribution in [3.8, 4) is 11.5 Å². The molecule has 0 unspecified atom stereocenters. The molecule has 0 radical (unpaired) electrons. The Hall–Kier alpha value is -3.55. The maximum Gasteiger partial charge on any atom is 0.586 e. The smallest absolute Gasteiger partial charge is 0.395 e. The lowest BCUT2D eigenvalue weighted by atomic mass is 9.94. The highest BCUT2D eigenvalue weighted by Gasteiger charge is 2.53. The summed E-state index contributed by atoms with van der Waals surface area (Å²) in [6.07, 6.45) is 1.08. The first-order valence-corrected chi connectivity index (χ1v) is 10.6. The van der Waals surface area contributed by atoms with Crippen LogP contribution in [0.3, 0.4) is 0 Å². The summed E-state index contributed by atoms with van der Waals surface area (Å²) in [6.45, 7) is 7.00. The van der Waals surface area contributed by atoms with E-state index in [-0.39, 0.29) is 23.2 Å². The molecular weight excluding hydrogens is 430 g/mol. The molecule has 1 aromatic heterocycles. The summed E-state index contributed by atoms with van der Waals surface area (Å²) in [5.41, 5.74) is 2.68. The van der Waals surface area contributed by atoms with Crippen LogP contribution < -0.4 is 14.8 Å². The van der Waals surface area contributed by atoms with Crippen molar-refractivity contribution in [3.05, 3.63) is 64.9 Å². The van der Waals surface area contributed by atoms with Gasteiger partial charge in [0.2, 0.25) is 5.91 Å². The molecule has 1 aromatic carbocycles. The molecule has 2 aliphatic rings. The van der Waals surface area contributed by atoms with Gasteiger partial charge in [0.25, 0.3) is 0 Å². The number of nitrogens with one attached hydrogen (secondary N) is 1. The minimum atomic E-state index is -3.71. The van der Waals surface area contributed by atoms with Gasteiger partial charge in [-0.25, -0.2) is 4.98 Å². The Kier molecular flexibility index (Phi) is 5.56. The lowest BCUT2D eigenvalue weighted by Crippen LogP contribution is -2.28. The molecule has 33 heavy (non-hydrogen) atoms. The molecule has 2 heterocycles. The second-order valence-corrected chi connectivity index (χ2v) is 8.35. The van der Waals surface area contributed by atoms with Gasteiger partial charge in [-0.15, -0.1) is 8.78 Å². The van der Waals surface area contributed by atoms with Gasteiger partial charge in [0.05, 0.1) is 11.1 Å². The number of carbonyl (C=O) groups is 2. The minimum absolute atomic E-state index is 0.0337. The van der Waals surface area contributed by atoms with Crippen molar-refractivity contribution in [1.82, 2.24) is 4.98 Å². The highest BCUT2D eigenvalue weighted by molar-refractivity contribution is 6.01. The van der Waals surface area contributed by atoms with Gasteiger partial charge in [-0.2, -0.15) is 0 Å². The van der Waals surface area contributed by atoms with Crippen LogP contribution >= 0.6 is 0 Å². The van der Waals surface area contributed by atoms with E-state index in [1.165, 1.54) is 19.1 Å². The monoisotopic (exact) mass is 454 g/mol. The number of alkyl halides is 2. The molecule has 172 valence electrons. The molecule has 1 aliphatic carbocycles. The third kappa shape index (κ3) is 4.37. The van der Waals surface area contributed by atoms with Crippen molar-refractivity contribution < 1.29 is 27.8 Å². The number of aryl methyl sites for hydroxylation is 1. The van der Waals surface area contributed by atoms with Gasteiger partial charge < -0.3 is 14.8 Å². The molecular formula is C25H24F2N2O4. The highest BCUT2D eigenvalue weighted by atomic mass is 19.3. The van der Waals surface area contributed by atoms with Gasteiger partial charge in [0.15, 0.2) is 17.3 Å². The number of carbonyl (C=O) groups excluding carboxylic acids is 2. The maximum absolute atomic E-state index is 13.4. The molecule has 1 N–H and O–H groups in total. The quantitative estimate of drug-likeness (QED) is 0.472. The number of Topliss-reactive ketones (excluding diaryl/α,β-unsaturated/α-hetero) is 1. The third-order valence-corrected chi connectivity index (χ3v) is 5.99. The molecule has 6 nitrogen and oxygen atoms in total. The topological polar surface area (TPSA) is 77.5 Å². The van der Waals surface area contributed by atoms with Gasteiger partial charge in [0.1, 0.15) is 5.82 Å². The minimum Gasteiger partial charge on any atom is -0.395 e. The number of ketones is 1. The normalized spacial score (nSPS) is 18.1. The van der Waals surface area contributed by atoms with Crippen LogP contribution in [-0.2, 0) is 15.0 Å². The summed E-state index contributed by atoms with van der Waals surface area (Å²) < 4.78 is 35.7. The molecule has 0 spiro atoms. The summed E-state index contributed by atoms with van der Waals surface area (Å²) in [5.74, 6) is -0.0795. The predicted molar refractivity (Wildman–Crippen MR) is 119 cm³/mol. The fourth-order valence-electron chi connectivity index (χ4n) is 3.77. The number of anilines is 1. The van der Waals surface area contributed by atoms with Gasteiger partial charge in [-0.3, -0.25) is 9.59 Å². The number of benzene rings is 1. The van der Waals surface area contributed by atoms with E-state index in [1.54, 1.807) is 25.1 Å². The van der Waals surface area contributed by atoms with Crippen molar-refractivity contribution in [2.45, 2.75) is 52.2 Å². The Labute approximate surface area is 190 Å². The van der Waals surface area contributed by atoms with E-state index in [9.17, 15) is 18.4 Å². The van der Waals surface area contributed by atoms with Crippen LogP contribution in [0.5, 0.6) is 11.5 Å². The molecule has 1 aliphatic heterocycles. The largest absolute Gasteiger partial charge is 0.586 e. The Morgan fingerprint density at radius 3 is 2.42 bits per heavy atom. The van der Waals surface area contributed by atoms with Crippen molar-refractivity contribution >= 4 is 23.1 Å². The second kappa shape index (κ2) is 8.10. The molecule has 0 saturated heterocycles. The fourth-order valence-corrected chi connectivity index (χ4v) is 3.77. The van der Waals surface area contributed by atoms with E-state index in [2.05, 4.69) is 19.8 Å². The summed E-state index contributed by atoms with van der Waals surface area (Å²) >= 11 is 0. The van der Waals surface area contributed by atoms with Crippen molar-refractivity contribution in [1.29, 1.82) is 0 Å². The van der Waals surface area contributed by atoms with Crippen molar-refractivity contribution in [2.24, 2.45) is 0 Å². The second-order valence-electron chi connectivity index (χ2n) is 8.35. The van der Waals surface area contributed by atoms with Crippen LogP contribution in [0.15, 0.2) is 48.1 Å². The van der Waals surface area contributed by atoms with Gasteiger partial charge >= 0.3 is 6.29 Å². The molecule has 1 fully saturated rings. The number of hydrogen-bond acceptors (Lipinski definition) is 5. The summed E-state index contributed by atoms with van der Waals surface area (Å²) in [4.78, 5) is 29.4. The molecule has 2 aromatic rings. The van der Waals surface area contributed by atoms with E-state index >= 15 is 0 Å². The zero-order valence-corrected chi connectivity index (χ0v) is 18.8. The number of allylic oxidation sites excluding steroid dienone is 4. The van der Waals surface area contributed by atoms with Crippen LogP contribution in [0.4, 0.5) is 14.6 Å². The number of ether oxygens (including phenoxy) is 2.